The second-order valence-electron chi connectivity index (χ2n) is 3.09. The van der Waals surface area contributed by atoms with Crippen LogP contribution in [-0.2, 0) is 4.74 Å². The van der Waals surface area contributed by atoms with Crippen LogP contribution in [0.5, 0.6) is 0 Å². The SMILES string of the molecule is COC1=C(C)C(Cl)CC(C(F)(F)F)=C1. The predicted molar refractivity (Wildman–Crippen MR) is 48.1 cm³/mol. The fourth-order valence-electron chi connectivity index (χ4n) is 1.25. The van der Waals surface area contributed by atoms with Crippen molar-refractivity contribution in [2.75, 3.05) is 7.11 Å². The molecular weight excluding hydrogens is 217 g/mol. The first kappa shape index (κ1) is 11.4. The Morgan fingerprint density at radius 1 is 1.50 bits per heavy atom. The Labute approximate surface area is 85.2 Å². The van der Waals surface area contributed by atoms with Gasteiger partial charge in [-0.2, -0.15) is 13.2 Å². The van der Waals surface area contributed by atoms with Crippen molar-refractivity contribution in [1.29, 1.82) is 0 Å². The lowest BCUT2D eigenvalue weighted by molar-refractivity contribution is -0.0944. The average molecular weight is 227 g/mol. The van der Waals surface area contributed by atoms with Crippen LogP contribution in [0.15, 0.2) is 23.0 Å². The second-order valence-corrected chi connectivity index (χ2v) is 3.62. The number of methoxy groups -OCH3 is 1. The number of alkyl halides is 4. The van der Waals surface area contributed by atoms with Gasteiger partial charge in [-0.3, -0.25) is 0 Å². The topological polar surface area (TPSA) is 9.23 Å². The summed E-state index contributed by atoms with van der Waals surface area (Å²) < 4.78 is 41.9. The van der Waals surface area contributed by atoms with Gasteiger partial charge in [0.25, 0.3) is 0 Å². The summed E-state index contributed by atoms with van der Waals surface area (Å²) in [5.41, 5.74) is 0.00196. The molecule has 0 fully saturated rings. The molecule has 1 unspecified atom stereocenters. The molecule has 0 spiro atoms. The molecule has 0 heterocycles. The molecule has 0 saturated carbocycles. The Balaban J connectivity index is 3.04. The summed E-state index contributed by atoms with van der Waals surface area (Å²) in [7, 11) is 1.33. The Hall–Kier alpha value is -0.640. The predicted octanol–water partition coefficient (Wildman–Crippen LogP) is 3.41. The minimum Gasteiger partial charge on any atom is -0.497 e. The summed E-state index contributed by atoms with van der Waals surface area (Å²) in [6.07, 6.45) is -3.50. The summed E-state index contributed by atoms with van der Waals surface area (Å²) in [6.45, 7) is 1.67. The van der Waals surface area contributed by atoms with Crippen LogP contribution < -0.4 is 0 Å². The minimum atomic E-state index is -4.32. The van der Waals surface area contributed by atoms with Gasteiger partial charge in [0.1, 0.15) is 5.76 Å². The van der Waals surface area contributed by atoms with Gasteiger partial charge < -0.3 is 4.74 Å². The maximum Gasteiger partial charge on any atom is 0.412 e. The van der Waals surface area contributed by atoms with E-state index in [1.807, 2.05) is 0 Å². The number of ether oxygens (including phenoxy) is 1. The maximum absolute atomic E-state index is 12.3. The first-order valence-corrected chi connectivity index (χ1v) is 4.46. The summed E-state index contributed by atoms with van der Waals surface area (Å²) in [5.74, 6) is 0.212. The quantitative estimate of drug-likeness (QED) is 0.623. The standard InChI is InChI=1S/C9H10ClF3O/c1-5-7(10)3-6(9(11,12)13)4-8(5)14-2/h4,7H,3H2,1-2H3. The van der Waals surface area contributed by atoms with Crippen LogP contribution in [0.2, 0.25) is 0 Å². The summed E-state index contributed by atoms with van der Waals surface area (Å²) >= 11 is 5.76. The van der Waals surface area contributed by atoms with Gasteiger partial charge in [0.05, 0.1) is 12.5 Å². The van der Waals surface area contributed by atoms with Crippen LogP contribution in [0.25, 0.3) is 0 Å². The highest BCUT2D eigenvalue weighted by atomic mass is 35.5. The van der Waals surface area contributed by atoms with Crippen LogP contribution in [0.4, 0.5) is 13.2 Å². The van der Waals surface area contributed by atoms with Gasteiger partial charge in [-0.25, -0.2) is 0 Å². The Kier molecular flexibility index (Phi) is 3.14. The largest absolute Gasteiger partial charge is 0.497 e. The van der Waals surface area contributed by atoms with E-state index in [1.165, 1.54) is 7.11 Å². The molecule has 0 aromatic heterocycles. The molecule has 1 nitrogen and oxygen atoms in total. The Morgan fingerprint density at radius 3 is 2.50 bits per heavy atom. The molecule has 0 bridgehead atoms. The van der Waals surface area contributed by atoms with Crippen molar-refractivity contribution in [3.05, 3.63) is 23.0 Å². The van der Waals surface area contributed by atoms with Crippen molar-refractivity contribution in [3.63, 3.8) is 0 Å². The molecule has 14 heavy (non-hydrogen) atoms. The zero-order valence-corrected chi connectivity index (χ0v) is 8.54. The van der Waals surface area contributed by atoms with Crippen molar-refractivity contribution in [1.82, 2.24) is 0 Å². The van der Waals surface area contributed by atoms with Gasteiger partial charge in [0.2, 0.25) is 0 Å². The monoisotopic (exact) mass is 226 g/mol. The third-order valence-corrected chi connectivity index (χ3v) is 2.63. The van der Waals surface area contributed by atoms with E-state index in [9.17, 15) is 13.2 Å². The maximum atomic E-state index is 12.3. The molecular formula is C9H10ClF3O. The number of hydrogen-bond donors (Lipinski definition) is 0. The molecule has 1 atom stereocenters. The van der Waals surface area contributed by atoms with Crippen molar-refractivity contribution < 1.29 is 17.9 Å². The zero-order valence-electron chi connectivity index (χ0n) is 7.78. The number of halogens is 4. The minimum absolute atomic E-state index is 0.191. The van der Waals surface area contributed by atoms with E-state index in [2.05, 4.69) is 0 Å². The lowest BCUT2D eigenvalue weighted by Gasteiger charge is -2.22. The highest BCUT2D eigenvalue weighted by molar-refractivity contribution is 6.22. The Morgan fingerprint density at radius 2 is 2.07 bits per heavy atom. The van der Waals surface area contributed by atoms with Crippen LogP contribution in [-0.4, -0.2) is 18.7 Å². The lowest BCUT2D eigenvalue weighted by Crippen LogP contribution is -2.20. The molecule has 0 saturated heterocycles. The highest BCUT2D eigenvalue weighted by Crippen LogP contribution is 2.37. The molecule has 0 amide bonds. The van der Waals surface area contributed by atoms with Crippen molar-refractivity contribution in [3.8, 4) is 0 Å². The molecule has 5 heteroatoms. The van der Waals surface area contributed by atoms with Crippen molar-refractivity contribution in [2.24, 2.45) is 0 Å². The van der Waals surface area contributed by atoms with E-state index in [0.717, 1.165) is 6.08 Å². The van der Waals surface area contributed by atoms with Gasteiger partial charge in [-0.05, 0) is 25.0 Å². The third kappa shape index (κ3) is 2.23. The van der Waals surface area contributed by atoms with Gasteiger partial charge in [0, 0.05) is 5.57 Å². The lowest BCUT2D eigenvalue weighted by atomic mass is 9.97. The smallest absolute Gasteiger partial charge is 0.412 e. The fraction of sp³-hybridized carbons (Fsp3) is 0.556. The molecule has 1 aliphatic rings. The molecule has 80 valence electrons. The van der Waals surface area contributed by atoms with Crippen molar-refractivity contribution in [2.45, 2.75) is 24.9 Å². The van der Waals surface area contributed by atoms with E-state index in [4.69, 9.17) is 16.3 Å². The number of allylic oxidation sites excluding steroid dienone is 3. The van der Waals surface area contributed by atoms with Crippen molar-refractivity contribution >= 4 is 11.6 Å². The molecule has 0 aromatic rings. The Bertz CT molecular complexity index is 291. The van der Waals surface area contributed by atoms with Gasteiger partial charge in [-0.15, -0.1) is 11.6 Å². The normalized spacial score (nSPS) is 23.6. The molecule has 1 aliphatic carbocycles. The van der Waals surface area contributed by atoms with Crippen LogP contribution >= 0.6 is 11.6 Å². The summed E-state index contributed by atoms with van der Waals surface area (Å²) in [4.78, 5) is 0. The average Bonchev–Trinajstić information content (AvgIpc) is 2.07. The number of rotatable bonds is 1. The van der Waals surface area contributed by atoms with Gasteiger partial charge in [0.15, 0.2) is 0 Å². The van der Waals surface area contributed by atoms with Crippen LogP contribution in [0.3, 0.4) is 0 Å². The third-order valence-electron chi connectivity index (χ3n) is 2.15. The highest BCUT2D eigenvalue weighted by Gasteiger charge is 2.37. The fourth-order valence-corrected chi connectivity index (χ4v) is 1.52. The molecule has 0 radical (unpaired) electrons. The summed E-state index contributed by atoms with van der Waals surface area (Å²) in [6, 6.07) is 0. The van der Waals surface area contributed by atoms with E-state index in [1.54, 1.807) is 6.92 Å². The second kappa shape index (κ2) is 3.85. The van der Waals surface area contributed by atoms with Crippen LogP contribution in [0, 0.1) is 0 Å². The van der Waals surface area contributed by atoms with Crippen LogP contribution in [0.1, 0.15) is 13.3 Å². The zero-order chi connectivity index (χ0) is 10.9. The van der Waals surface area contributed by atoms with Gasteiger partial charge >= 0.3 is 6.18 Å². The molecule has 0 aromatic carbocycles. The molecule has 0 N–H and O–H groups in total. The first-order valence-electron chi connectivity index (χ1n) is 4.03. The molecule has 0 aliphatic heterocycles. The van der Waals surface area contributed by atoms with E-state index in [0.29, 0.717) is 5.57 Å². The summed E-state index contributed by atoms with van der Waals surface area (Å²) in [5, 5.41) is -0.633. The number of hydrogen-bond acceptors (Lipinski definition) is 1. The van der Waals surface area contributed by atoms with E-state index < -0.39 is 17.1 Å². The van der Waals surface area contributed by atoms with E-state index >= 15 is 0 Å². The van der Waals surface area contributed by atoms with Gasteiger partial charge in [-0.1, -0.05) is 0 Å². The van der Waals surface area contributed by atoms with E-state index in [-0.39, 0.29) is 12.2 Å². The molecule has 1 rings (SSSR count). The first-order chi connectivity index (χ1) is 6.36.